The molecule has 0 fully saturated rings. The van der Waals surface area contributed by atoms with Crippen LogP contribution in [0.4, 0.5) is 11.4 Å². The van der Waals surface area contributed by atoms with Gasteiger partial charge in [0.2, 0.25) is 0 Å². The third-order valence-corrected chi connectivity index (χ3v) is 3.19. The topological polar surface area (TPSA) is 64.3 Å². The number of ether oxygens (including phenoxy) is 1. The highest BCUT2D eigenvalue weighted by Crippen LogP contribution is 2.23. The summed E-state index contributed by atoms with van der Waals surface area (Å²) in [5, 5.41) is 2.87. The van der Waals surface area contributed by atoms with E-state index in [1.807, 2.05) is 19.9 Å². The molecule has 1 amide bonds. The minimum Gasteiger partial charge on any atom is -0.497 e. The lowest BCUT2D eigenvalue weighted by molar-refractivity contribution is 0.102. The highest BCUT2D eigenvalue weighted by Gasteiger charge is 2.09. The van der Waals surface area contributed by atoms with E-state index in [9.17, 15) is 4.79 Å². The molecule has 2 aromatic carbocycles. The molecule has 0 saturated heterocycles. The number of hydrogen-bond acceptors (Lipinski definition) is 3. The quantitative estimate of drug-likeness (QED) is 0.842. The summed E-state index contributed by atoms with van der Waals surface area (Å²) in [4.78, 5) is 12.2. The first-order chi connectivity index (χ1) is 9.51. The summed E-state index contributed by atoms with van der Waals surface area (Å²) in [6.45, 7) is 3.88. The first-order valence-corrected chi connectivity index (χ1v) is 6.33. The lowest BCUT2D eigenvalue weighted by atomic mass is 10.1. The predicted molar refractivity (Wildman–Crippen MR) is 81.3 cm³/mol. The Morgan fingerprint density at radius 2 is 1.90 bits per heavy atom. The van der Waals surface area contributed by atoms with Crippen LogP contribution < -0.4 is 15.8 Å². The number of anilines is 2. The Labute approximate surface area is 118 Å². The van der Waals surface area contributed by atoms with Gasteiger partial charge in [0.1, 0.15) is 5.75 Å². The van der Waals surface area contributed by atoms with Gasteiger partial charge in [-0.15, -0.1) is 0 Å². The van der Waals surface area contributed by atoms with E-state index in [1.165, 1.54) is 0 Å². The Hall–Kier alpha value is -2.49. The van der Waals surface area contributed by atoms with Crippen LogP contribution in [0.25, 0.3) is 0 Å². The van der Waals surface area contributed by atoms with Crippen molar-refractivity contribution < 1.29 is 9.53 Å². The largest absolute Gasteiger partial charge is 0.497 e. The predicted octanol–water partition coefficient (Wildman–Crippen LogP) is 3.15. The second kappa shape index (κ2) is 5.65. The fourth-order valence-corrected chi connectivity index (χ4v) is 1.96. The van der Waals surface area contributed by atoms with Crippen LogP contribution in [0, 0.1) is 13.8 Å². The van der Waals surface area contributed by atoms with Crippen molar-refractivity contribution in [3.05, 3.63) is 53.1 Å². The fourth-order valence-electron chi connectivity index (χ4n) is 1.96. The molecule has 0 aliphatic rings. The van der Waals surface area contributed by atoms with Crippen molar-refractivity contribution in [2.24, 2.45) is 0 Å². The van der Waals surface area contributed by atoms with Gasteiger partial charge in [0.15, 0.2) is 0 Å². The Balaban J connectivity index is 2.25. The zero-order valence-corrected chi connectivity index (χ0v) is 11.9. The third-order valence-electron chi connectivity index (χ3n) is 3.19. The Morgan fingerprint density at radius 3 is 2.60 bits per heavy atom. The number of amides is 1. The minimum atomic E-state index is -0.185. The second-order valence-corrected chi connectivity index (χ2v) is 4.71. The summed E-state index contributed by atoms with van der Waals surface area (Å²) in [5.74, 6) is 0.466. The van der Waals surface area contributed by atoms with Gasteiger partial charge in [-0.3, -0.25) is 4.79 Å². The van der Waals surface area contributed by atoms with Crippen LogP contribution in [0.15, 0.2) is 36.4 Å². The number of nitrogen functional groups attached to an aromatic ring is 1. The maximum atomic E-state index is 12.2. The van der Waals surface area contributed by atoms with Crippen molar-refractivity contribution in [2.45, 2.75) is 13.8 Å². The summed E-state index contributed by atoms with van der Waals surface area (Å²) < 4.78 is 5.11. The van der Waals surface area contributed by atoms with Crippen molar-refractivity contribution in [3.8, 4) is 5.75 Å². The van der Waals surface area contributed by atoms with Crippen LogP contribution in [0.3, 0.4) is 0 Å². The van der Waals surface area contributed by atoms with E-state index in [0.717, 1.165) is 16.8 Å². The van der Waals surface area contributed by atoms with E-state index in [2.05, 4.69) is 5.32 Å². The van der Waals surface area contributed by atoms with Crippen LogP contribution in [-0.2, 0) is 0 Å². The molecule has 0 saturated carbocycles. The molecule has 0 radical (unpaired) electrons. The van der Waals surface area contributed by atoms with Gasteiger partial charge in [-0.1, -0.05) is 12.1 Å². The molecule has 2 aromatic rings. The van der Waals surface area contributed by atoms with E-state index < -0.39 is 0 Å². The number of hydrogen-bond donors (Lipinski definition) is 2. The molecule has 4 heteroatoms. The molecule has 0 heterocycles. The van der Waals surface area contributed by atoms with Crippen molar-refractivity contribution in [1.29, 1.82) is 0 Å². The Kier molecular flexibility index (Phi) is 3.94. The first-order valence-electron chi connectivity index (χ1n) is 6.33. The third kappa shape index (κ3) is 2.91. The number of aryl methyl sites for hydroxylation is 2. The first kappa shape index (κ1) is 13.9. The maximum absolute atomic E-state index is 12.2. The molecule has 4 nitrogen and oxygen atoms in total. The fraction of sp³-hybridized carbons (Fsp3) is 0.188. The van der Waals surface area contributed by atoms with Crippen LogP contribution in [0.5, 0.6) is 5.75 Å². The molecule has 2 rings (SSSR count). The van der Waals surface area contributed by atoms with Gasteiger partial charge < -0.3 is 15.8 Å². The van der Waals surface area contributed by atoms with Crippen LogP contribution in [-0.4, -0.2) is 13.0 Å². The molecule has 0 aliphatic heterocycles. The molecule has 0 bridgehead atoms. The van der Waals surface area contributed by atoms with Crippen LogP contribution in [0.1, 0.15) is 21.5 Å². The number of carbonyl (C=O) groups excluding carboxylic acids is 1. The van der Waals surface area contributed by atoms with Gasteiger partial charge >= 0.3 is 0 Å². The number of benzene rings is 2. The molecule has 3 N–H and O–H groups in total. The lowest BCUT2D eigenvalue weighted by Gasteiger charge is -2.11. The monoisotopic (exact) mass is 270 g/mol. The van der Waals surface area contributed by atoms with E-state index in [1.54, 1.807) is 37.4 Å². The van der Waals surface area contributed by atoms with E-state index in [0.29, 0.717) is 17.0 Å². The van der Waals surface area contributed by atoms with E-state index in [-0.39, 0.29) is 5.91 Å². The maximum Gasteiger partial charge on any atom is 0.255 e. The number of nitrogens with two attached hydrogens (primary N) is 1. The summed E-state index contributed by atoms with van der Waals surface area (Å²) in [6.07, 6.45) is 0. The van der Waals surface area contributed by atoms with Crippen LogP contribution >= 0.6 is 0 Å². The van der Waals surface area contributed by atoms with Crippen LogP contribution in [0.2, 0.25) is 0 Å². The van der Waals surface area contributed by atoms with Crippen molar-refractivity contribution in [2.75, 3.05) is 18.2 Å². The van der Waals surface area contributed by atoms with Gasteiger partial charge in [-0.25, -0.2) is 0 Å². The standard InChI is InChI=1S/C16H18N2O2/c1-10-7-11(2)15(9-14(10)17)18-16(19)12-5-4-6-13(8-12)20-3/h4-9H,17H2,1-3H3,(H,18,19). The molecule has 0 atom stereocenters. The molecular weight excluding hydrogens is 252 g/mol. The molecule has 20 heavy (non-hydrogen) atoms. The minimum absolute atomic E-state index is 0.185. The van der Waals surface area contributed by atoms with Gasteiger partial charge in [0.25, 0.3) is 5.91 Å². The summed E-state index contributed by atoms with van der Waals surface area (Å²) >= 11 is 0. The number of nitrogens with one attached hydrogen (secondary N) is 1. The number of rotatable bonds is 3. The average molecular weight is 270 g/mol. The molecule has 104 valence electrons. The number of carbonyl (C=O) groups is 1. The summed E-state index contributed by atoms with van der Waals surface area (Å²) in [5.41, 5.74) is 9.79. The zero-order valence-electron chi connectivity index (χ0n) is 11.9. The highest BCUT2D eigenvalue weighted by atomic mass is 16.5. The van der Waals surface area contributed by atoms with Crippen molar-refractivity contribution in [1.82, 2.24) is 0 Å². The Bertz CT molecular complexity index is 651. The molecule has 0 aromatic heterocycles. The molecule has 0 aliphatic carbocycles. The van der Waals surface area contributed by atoms with E-state index in [4.69, 9.17) is 10.5 Å². The van der Waals surface area contributed by atoms with Crippen molar-refractivity contribution >= 4 is 17.3 Å². The second-order valence-electron chi connectivity index (χ2n) is 4.71. The van der Waals surface area contributed by atoms with Gasteiger partial charge in [0.05, 0.1) is 7.11 Å². The normalized spacial score (nSPS) is 10.2. The summed E-state index contributed by atoms with van der Waals surface area (Å²) in [7, 11) is 1.57. The SMILES string of the molecule is COc1cccc(C(=O)Nc2cc(N)c(C)cc2C)c1. The average Bonchev–Trinajstić information content (AvgIpc) is 2.44. The smallest absolute Gasteiger partial charge is 0.255 e. The lowest BCUT2D eigenvalue weighted by Crippen LogP contribution is -2.13. The number of methoxy groups -OCH3 is 1. The zero-order chi connectivity index (χ0) is 14.7. The van der Waals surface area contributed by atoms with Crippen molar-refractivity contribution in [3.63, 3.8) is 0 Å². The summed E-state index contributed by atoms with van der Waals surface area (Å²) in [6, 6.07) is 10.8. The molecular formula is C16H18N2O2. The highest BCUT2D eigenvalue weighted by molar-refractivity contribution is 6.05. The van der Waals surface area contributed by atoms with E-state index >= 15 is 0 Å². The van der Waals surface area contributed by atoms with Gasteiger partial charge in [-0.05, 0) is 49.2 Å². The van der Waals surface area contributed by atoms with Gasteiger partial charge in [0, 0.05) is 16.9 Å². The molecule has 0 unspecified atom stereocenters. The molecule has 0 spiro atoms. The van der Waals surface area contributed by atoms with Gasteiger partial charge in [-0.2, -0.15) is 0 Å². The Morgan fingerprint density at radius 1 is 1.15 bits per heavy atom.